The molecule has 2 rings (SSSR count). The highest BCUT2D eigenvalue weighted by Gasteiger charge is 2.04. The number of aromatic hydroxyl groups is 1. The summed E-state index contributed by atoms with van der Waals surface area (Å²) in [5.74, 6) is 0.300. The highest BCUT2D eigenvalue weighted by atomic mass is 16.3. The quantitative estimate of drug-likeness (QED) is 0.802. The third-order valence-corrected chi connectivity index (χ3v) is 2.32. The van der Waals surface area contributed by atoms with E-state index in [1.807, 2.05) is 41.3 Å². The van der Waals surface area contributed by atoms with Crippen LogP contribution in [0.15, 0.2) is 48.8 Å². The summed E-state index contributed by atoms with van der Waals surface area (Å²) >= 11 is 0. The summed E-state index contributed by atoms with van der Waals surface area (Å²) in [5.41, 5.74) is 4.33. The van der Waals surface area contributed by atoms with E-state index in [1.165, 1.54) is 0 Å². The van der Waals surface area contributed by atoms with Crippen molar-refractivity contribution in [2.24, 2.45) is 0 Å². The fourth-order valence-corrected chi connectivity index (χ4v) is 1.51. The number of hydrogen-bond donors (Lipinski definition) is 2. The van der Waals surface area contributed by atoms with E-state index in [-0.39, 0.29) is 6.04 Å². The highest BCUT2D eigenvalue weighted by molar-refractivity contribution is 5.30. The molecule has 0 aliphatic rings. The first-order valence-corrected chi connectivity index (χ1v) is 4.94. The summed E-state index contributed by atoms with van der Waals surface area (Å²) in [6.45, 7) is 2.05. The highest BCUT2D eigenvalue weighted by Crippen LogP contribution is 2.18. The number of nitrogens with zero attached hydrogens (tertiary/aromatic N) is 1. The fraction of sp³-hybridized carbons (Fsp3) is 0.167. The maximum atomic E-state index is 9.35. The van der Waals surface area contributed by atoms with Crippen LogP contribution >= 0.6 is 0 Å². The molecule has 15 heavy (non-hydrogen) atoms. The number of aromatic nitrogens is 1. The molecule has 0 aliphatic heterocycles. The van der Waals surface area contributed by atoms with E-state index in [2.05, 4.69) is 12.3 Å². The summed E-state index contributed by atoms with van der Waals surface area (Å²) in [5, 5.41) is 9.35. The van der Waals surface area contributed by atoms with Gasteiger partial charge in [0.25, 0.3) is 0 Å². The smallest absolute Gasteiger partial charge is 0.115 e. The van der Waals surface area contributed by atoms with Gasteiger partial charge < -0.3 is 10.5 Å². The minimum atomic E-state index is 0.157. The molecular formula is C12H14N2O. The van der Waals surface area contributed by atoms with Crippen LogP contribution in [0.25, 0.3) is 0 Å². The molecule has 0 radical (unpaired) electrons. The first kappa shape index (κ1) is 9.65. The predicted molar refractivity (Wildman–Crippen MR) is 60.3 cm³/mol. The number of hydrogen-bond acceptors (Lipinski definition) is 2. The van der Waals surface area contributed by atoms with Crippen LogP contribution in [0.4, 0.5) is 0 Å². The topological polar surface area (TPSA) is 37.2 Å². The average molecular weight is 202 g/mol. The van der Waals surface area contributed by atoms with Gasteiger partial charge in [-0.1, -0.05) is 12.1 Å². The molecule has 0 saturated heterocycles. The second-order valence-electron chi connectivity index (χ2n) is 3.54. The molecule has 1 aromatic heterocycles. The maximum absolute atomic E-state index is 9.35. The van der Waals surface area contributed by atoms with E-state index in [0.717, 1.165) is 5.56 Å². The summed E-state index contributed by atoms with van der Waals surface area (Å²) in [4.78, 5) is 0. The summed E-state index contributed by atoms with van der Waals surface area (Å²) in [6, 6.07) is 11.3. The molecule has 78 valence electrons. The van der Waals surface area contributed by atoms with Crippen molar-refractivity contribution in [2.75, 3.05) is 5.43 Å². The predicted octanol–water partition coefficient (Wildman–Crippen LogP) is 2.50. The largest absolute Gasteiger partial charge is 0.508 e. The Hall–Kier alpha value is -1.90. The lowest BCUT2D eigenvalue weighted by molar-refractivity contribution is 0.474. The van der Waals surface area contributed by atoms with Crippen LogP contribution in [0.5, 0.6) is 5.75 Å². The van der Waals surface area contributed by atoms with Crippen molar-refractivity contribution in [1.82, 2.24) is 4.68 Å². The Morgan fingerprint density at radius 3 is 2.60 bits per heavy atom. The molecular weight excluding hydrogens is 188 g/mol. The van der Waals surface area contributed by atoms with Crippen LogP contribution in [-0.4, -0.2) is 9.78 Å². The van der Waals surface area contributed by atoms with Gasteiger partial charge in [0.15, 0.2) is 0 Å². The maximum Gasteiger partial charge on any atom is 0.115 e. The normalized spacial score (nSPS) is 12.3. The standard InChI is InChI=1S/C12H14N2O/c1-10(13-14-7-2-3-8-14)11-5-4-6-12(15)9-11/h2-10,13,15H,1H3. The van der Waals surface area contributed by atoms with Crippen molar-refractivity contribution in [3.63, 3.8) is 0 Å². The third kappa shape index (κ3) is 2.31. The van der Waals surface area contributed by atoms with E-state index in [4.69, 9.17) is 0 Å². The summed E-state index contributed by atoms with van der Waals surface area (Å²) in [6.07, 6.45) is 3.89. The molecule has 0 saturated carbocycles. The second kappa shape index (κ2) is 4.09. The van der Waals surface area contributed by atoms with E-state index in [0.29, 0.717) is 5.75 Å². The van der Waals surface area contributed by atoms with Crippen molar-refractivity contribution < 1.29 is 5.11 Å². The number of phenols is 1. The van der Waals surface area contributed by atoms with Gasteiger partial charge in [0.05, 0.1) is 6.04 Å². The average Bonchev–Trinajstić information content (AvgIpc) is 2.70. The Morgan fingerprint density at radius 2 is 1.93 bits per heavy atom. The van der Waals surface area contributed by atoms with Crippen molar-refractivity contribution in [3.05, 3.63) is 54.4 Å². The van der Waals surface area contributed by atoms with Gasteiger partial charge in [-0.15, -0.1) is 0 Å². The van der Waals surface area contributed by atoms with Gasteiger partial charge >= 0.3 is 0 Å². The zero-order valence-electron chi connectivity index (χ0n) is 8.59. The van der Waals surface area contributed by atoms with Crippen molar-refractivity contribution >= 4 is 0 Å². The van der Waals surface area contributed by atoms with Crippen LogP contribution in [0.2, 0.25) is 0 Å². The molecule has 0 aliphatic carbocycles. The van der Waals surface area contributed by atoms with Crippen LogP contribution in [0, 0.1) is 0 Å². The molecule has 1 atom stereocenters. The molecule has 3 heteroatoms. The Morgan fingerprint density at radius 1 is 1.20 bits per heavy atom. The SMILES string of the molecule is CC(Nn1cccc1)c1cccc(O)c1. The number of benzene rings is 1. The van der Waals surface area contributed by atoms with Crippen LogP contribution in [0.1, 0.15) is 18.5 Å². The van der Waals surface area contributed by atoms with Gasteiger partial charge in [0.2, 0.25) is 0 Å². The van der Waals surface area contributed by atoms with E-state index < -0.39 is 0 Å². The molecule has 0 amide bonds. The fourth-order valence-electron chi connectivity index (χ4n) is 1.51. The molecule has 1 heterocycles. The molecule has 0 fully saturated rings. The molecule has 2 N–H and O–H groups in total. The molecule has 2 aromatic rings. The lowest BCUT2D eigenvalue weighted by Gasteiger charge is -2.16. The number of rotatable bonds is 3. The van der Waals surface area contributed by atoms with Crippen molar-refractivity contribution in [3.8, 4) is 5.75 Å². The van der Waals surface area contributed by atoms with E-state index >= 15 is 0 Å². The minimum Gasteiger partial charge on any atom is -0.508 e. The first-order chi connectivity index (χ1) is 7.25. The number of phenolic OH excluding ortho intramolecular Hbond substituents is 1. The molecule has 3 nitrogen and oxygen atoms in total. The molecule has 1 aromatic carbocycles. The lowest BCUT2D eigenvalue weighted by atomic mass is 10.1. The monoisotopic (exact) mass is 202 g/mol. The van der Waals surface area contributed by atoms with Crippen LogP contribution in [0.3, 0.4) is 0 Å². The van der Waals surface area contributed by atoms with Gasteiger partial charge in [0.1, 0.15) is 5.75 Å². The minimum absolute atomic E-state index is 0.157. The van der Waals surface area contributed by atoms with Gasteiger partial charge in [-0.05, 0) is 36.8 Å². The summed E-state index contributed by atoms with van der Waals surface area (Å²) in [7, 11) is 0. The zero-order chi connectivity index (χ0) is 10.7. The third-order valence-electron chi connectivity index (χ3n) is 2.32. The number of nitrogens with one attached hydrogen (secondary N) is 1. The molecule has 0 spiro atoms. The van der Waals surface area contributed by atoms with Gasteiger partial charge in [0, 0.05) is 12.4 Å². The lowest BCUT2D eigenvalue weighted by Crippen LogP contribution is -2.16. The van der Waals surface area contributed by atoms with Crippen molar-refractivity contribution in [1.29, 1.82) is 0 Å². The molecule has 0 bridgehead atoms. The summed E-state index contributed by atoms with van der Waals surface area (Å²) < 4.78 is 1.90. The first-order valence-electron chi connectivity index (χ1n) is 4.94. The Labute approximate surface area is 89.0 Å². The van der Waals surface area contributed by atoms with Crippen molar-refractivity contribution in [2.45, 2.75) is 13.0 Å². The van der Waals surface area contributed by atoms with Crippen LogP contribution < -0.4 is 5.43 Å². The Kier molecular flexibility index (Phi) is 2.63. The van der Waals surface area contributed by atoms with Gasteiger partial charge in [-0.25, -0.2) is 0 Å². The Balaban J connectivity index is 2.11. The van der Waals surface area contributed by atoms with Gasteiger partial charge in [-0.3, -0.25) is 4.68 Å². The molecule has 1 unspecified atom stereocenters. The van der Waals surface area contributed by atoms with Crippen LogP contribution in [-0.2, 0) is 0 Å². The zero-order valence-corrected chi connectivity index (χ0v) is 8.59. The van der Waals surface area contributed by atoms with Gasteiger partial charge in [-0.2, -0.15) is 0 Å². The van der Waals surface area contributed by atoms with E-state index in [1.54, 1.807) is 12.1 Å². The van der Waals surface area contributed by atoms with E-state index in [9.17, 15) is 5.11 Å². The second-order valence-corrected chi connectivity index (χ2v) is 3.54. The Bertz CT molecular complexity index is 423.